The zero-order valence-electron chi connectivity index (χ0n) is 17.8. The van der Waals surface area contributed by atoms with Crippen molar-refractivity contribution in [3.8, 4) is 0 Å². The van der Waals surface area contributed by atoms with Crippen molar-refractivity contribution in [1.82, 2.24) is 14.8 Å². The fourth-order valence-electron chi connectivity index (χ4n) is 3.14. The Morgan fingerprint density at radius 1 is 1.06 bits per heavy atom. The van der Waals surface area contributed by atoms with Gasteiger partial charge in [0.2, 0.25) is 12.7 Å². The maximum atomic E-state index is 12.8. The van der Waals surface area contributed by atoms with Crippen LogP contribution in [0.4, 0.5) is 0 Å². The minimum Gasteiger partial charge on any atom is -0.461 e. The van der Waals surface area contributed by atoms with Gasteiger partial charge in [-0.3, -0.25) is 28.9 Å². The van der Waals surface area contributed by atoms with Crippen molar-refractivity contribution in [3.05, 3.63) is 46.0 Å². The van der Waals surface area contributed by atoms with Gasteiger partial charge in [0.1, 0.15) is 30.3 Å². The summed E-state index contributed by atoms with van der Waals surface area (Å²) in [4.78, 5) is 72.3. The van der Waals surface area contributed by atoms with Crippen molar-refractivity contribution in [3.63, 3.8) is 0 Å². The molecule has 1 N–H and O–H groups in total. The van der Waals surface area contributed by atoms with Gasteiger partial charge in [-0.15, -0.1) is 11.8 Å². The maximum absolute atomic E-state index is 12.8. The number of hydrogen-bond donors (Lipinski definition) is 1. The van der Waals surface area contributed by atoms with Gasteiger partial charge in [-0.25, -0.2) is 4.79 Å². The molecule has 0 bridgehead atoms. The number of nitrogens with one attached hydrogen (secondary N) is 1. The predicted molar refractivity (Wildman–Crippen MR) is 112 cm³/mol. The highest BCUT2D eigenvalue weighted by Gasteiger charge is 2.54. The van der Waals surface area contributed by atoms with Gasteiger partial charge in [0, 0.05) is 49.7 Å². The van der Waals surface area contributed by atoms with E-state index in [1.807, 2.05) is 0 Å². The largest absolute Gasteiger partial charge is 0.461 e. The highest BCUT2D eigenvalue weighted by Crippen LogP contribution is 2.40. The molecule has 1 fully saturated rings. The van der Waals surface area contributed by atoms with Crippen molar-refractivity contribution >= 4 is 41.5 Å². The summed E-state index contributed by atoms with van der Waals surface area (Å²) >= 11 is 1.28. The summed E-state index contributed by atoms with van der Waals surface area (Å²) in [5.41, 5.74) is 0.0493. The normalized spacial score (nSPS) is 19.2. The summed E-state index contributed by atoms with van der Waals surface area (Å²) in [6.45, 7) is 1.39. The molecule has 176 valence electrons. The van der Waals surface area contributed by atoms with Crippen LogP contribution in [0.25, 0.3) is 0 Å². The van der Waals surface area contributed by atoms with E-state index in [2.05, 4.69) is 10.1 Å². The van der Waals surface area contributed by atoms with E-state index in [4.69, 9.17) is 9.47 Å². The van der Waals surface area contributed by atoms with Gasteiger partial charge in [0.05, 0.1) is 0 Å². The Labute approximate surface area is 191 Å². The Hall–Kier alpha value is -3.61. The van der Waals surface area contributed by atoms with Gasteiger partial charge in [-0.05, 0) is 0 Å². The smallest absolute Gasteiger partial charge is 0.358 e. The first-order chi connectivity index (χ1) is 15.7. The number of ether oxygens (including phenoxy) is 3. The molecule has 3 rings (SSSR count). The molecule has 0 radical (unpaired) electrons. The molecule has 0 saturated carbocycles. The van der Waals surface area contributed by atoms with Crippen LogP contribution in [0, 0.1) is 0 Å². The molecule has 2 atom stereocenters. The molecule has 1 aromatic heterocycles. The van der Waals surface area contributed by atoms with Crippen LogP contribution in [-0.4, -0.2) is 69.8 Å². The standard InChI is InChI=1S/C20H21N3O9S/c1-11(24)30-8-13-9-33-19-16(21-15(27)7-22-5-3-14(26)4-6-22)18(28)23(19)17(13)20(29)32-10-31-12(2)25/h3-6,16,19H,7-10H2,1-2H3,(H,21,27)/t16-,19-/m1/s1. The molecule has 2 aliphatic heterocycles. The molecule has 0 aliphatic carbocycles. The quantitative estimate of drug-likeness (QED) is 0.283. The number of carbonyl (C=O) groups excluding carboxylic acids is 5. The molecule has 33 heavy (non-hydrogen) atoms. The third-order valence-corrected chi connectivity index (χ3v) is 5.99. The number of nitrogens with zero attached hydrogens (tertiary/aromatic N) is 2. The van der Waals surface area contributed by atoms with Crippen LogP contribution < -0.4 is 10.7 Å². The molecule has 0 unspecified atom stereocenters. The Kier molecular flexibility index (Phi) is 7.53. The van der Waals surface area contributed by atoms with E-state index in [1.165, 1.54) is 52.7 Å². The van der Waals surface area contributed by atoms with Crippen LogP contribution in [0.5, 0.6) is 0 Å². The molecule has 2 amide bonds. The van der Waals surface area contributed by atoms with E-state index < -0.39 is 47.9 Å². The van der Waals surface area contributed by atoms with Gasteiger partial charge in [-0.1, -0.05) is 0 Å². The van der Waals surface area contributed by atoms with E-state index in [9.17, 15) is 28.8 Å². The number of esters is 3. The average Bonchev–Trinajstić information content (AvgIpc) is 2.76. The van der Waals surface area contributed by atoms with Gasteiger partial charge < -0.3 is 24.1 Å². The topological polar surface area (TPSA) is 150 Å². The molecule has 12 nitrogen and oxygen atoms in total. The average molecular weight is 479 g/mol. The third kappa shape index (κ3) is 5.80. The summed E-state index contributed by atoms with van der Waals surface area (Å²) in [7, 11) is 0. The third-order valence-electron chi connectivity index (χ3n) is 4.65. The number of amides is 2. The van der Waals surface area contributed by atoms with Crippen molar-refractivity contribution in [2.75, 3.05) is 19.2 Å². The maximum Gasteiger partial charge on any atom is 0.358 e. The number of thioether (sulfide) groups is 1. The number of carbonyl (C=O) groups is 5. The minimum absolute atomic E-state index is 0.105. The second-order valence-electron chi connectivity index (χ2n) is 7.08. The molecule has 2 aliphatic rings. The van der Waals surface area contributed by atoms with E-state index in [0.29, 0.717) is 5.57 Å². The molecule has 1 aromatic rings. The fourth-order valence-corrected chi connectivity index (χ4v) is 4.47. The number of aromatic nitrogens is 1. The van der Waals surface area contributed by atoms with E-state index in [0.717, 1.165) is 6.92 Å². The first kappa shape index (κ1) is 24.0. The fraction of sp³-hybridized carbons (Fsp3) is 0.400. The Morgan fingerprint density at radius 3 is 2.36 bits per heavy atom. The Bertz CT molecular complexity index is 1060. The molecular formula is C20H21N3O9S. The summed E-state index contributed by atoms with van der Waals surface area (Å²) in [6, 6.07) is 1.74. The van der Waals surface area contributed by atoms with Gasteiger partial charge >= 0.3 is 17.9 Å². The number of fused-ring (bicyclic) bond motifs is 1. The lowest BCUT2D eigenvalue weighted by Crippen LogP contribution is -2.70. The molecular weight excluding hydrogens is 458 g/mol. The highest BCUT2D eigenvalue weighted by atomic mass is 32.2. The van der Waals surface area contributed by atoms with Crippen LogP contribution in [0.1, 0.15) is 13.8 Å². The van der Waals surface area contributed by atoms with Crippen molar-refractivity contribution in [2.24, 2.45) is 0 Å². The lowest BCUT2D eigenvalue weighted by molar-refractivity contribution is -0.167. The zero-order valence-corrected chi connectivity index (χ0v) is 18.6. The number of β-lactam (4-membered cyclic amide) rings is 1. The van der Waals surface area contributed by atoms with E-state index in [1.54, 1.807) is 0 Å². The SMILES string of the molecule is CC(=O)OCOC(=O)C1=C(COC(C)=O)CS[C@@H]2[C@H](NC(=O)Cn3ccc(=O)cc3)C(=O)N12. The first-order valence-electron chi connectivity index (χ1n) is 9.73. The summed E-state index contributed by atoms with van der Waals surface area (Å²) in [5, 5.41) is 2.06. The Balaban J connectivity index is 1.71. The second-order valence-corrected chi connectivity index (χ2v) is 8.18. The summed E-state index contributed by atoms with van der Waals surface area (Å²) in [6.07, 6.45) is 2.90. The van der Waals surface area contributed by atoms with E-state index in [-0.39, 0.29) is 30.0 Å². The van der Waals surface area contributed by atoms with Crippen LogP contribution in [0.2, 0.25) is 0 Å². The predicted octanol–water partition coefficient (Wildman–Crippen LogP) is -0.871. The van der Waals surface area contributed by atoms with Crippen molar-refractivity contribution in [2.45, 2.75) is 31.8 Å². The van der Waals surface area contributed by atoms with Gasteiger partial charge in [0.15, 0.2) is 5.43 Å². The number of pyridine rings is 1. The van der Waals surface area contributed by atoms with Gasteiger partial charge in [0.25, 0.3) is 5.91 Å². The van der Waals surface area contributed by atoms with Crippen molar-refractivity contribution in [1.29, 1.82) is 0 Å². The monoisotopic (exact) mass is 479 g/mol. The Morgan fingerprint density at radius 2 is 1.73 bits per heavy atom. The van der Waals surface area contributed by atoms with Crippen LogP contribution in [0.3, 0.4) is 0 Å². The van der Waals surface area contributed by atoms with Crippen molar-refractivity contribution < 1.29 is 38.2 Å². The lowest BCUT2D eigenvalue weighted by atomic mass is 10.0. The molecule has 3 heterocycles. The molecule has 13 heteroatoms. The second kappa shape index (κ2) is 10.3. The first-order valence-corrected chi connectivity index (χ1v) is 10.8. The van der Waals surface area contributed by atoms with Crippen LogP contribution in [-0.2, 0) is 44.7 Å². The number of hydrogen-bond acceptors (Lipinski definition) is 10. The van der Waals surface area contributed by atoms with E-state index >= 15 is 0 Å². The molecule has 1 saturated heterocycles. The zero-order chi connectivity index (χ0) is 24.1. The highest BCUT2D eigenvalue weighted by molar-refractivity contribution is 8.00. The minimum atomic E-state index is -0.921. The summed E-state index contributed by atoms with van der Waals surface area (Å²) in [5.74, 6) is -2.89. The number of rotatable bonds is 8. The van der Waals surface area contributed by atoms with Gasteiger partial charge in [-0.2, -0.15) is 0 Å². The lowest BCUT2D eigenvalue weighted by Gasteiger charge is -2.49. The molecule has 0 spiro atoms. The summed E-state index contributed by atoms with van der Waals surface area (Å²) < 4.78 is 16.0. The van der Waals surface area contributed by atoms with Crippen LogP contribution in [0.15, 0.2) is 40.6 Å². The molecule has 0 aromatic carbocycles. The van der Waals surface area contributed by atoms with Crippen LogP contribution >= 0.6 is 11.8 Å².